The molecule has 0 unspecified atom stereocenters. The van der Waals surface area contributed by atoms with E-state index in [9.17, 15) is 19.2 Å². The van der Waals surface area contributed by atoms with Gasteiger partial charge in [-0.15, -0.1) is 0 Å². The number of hydrogen-bond donors (Lipinski definition) is 0. The Balaban J connectivity index is 1.76. The molecule has 33 heavy (non-hydrogen) atoms. The fourth-order valence-corrected chi connectivity index (χ4v) is 4.85. The molecule has 6 rings (SSSR count). The highest BCUT2D eigenvalue weighted by atomic mass is 16.7. The molecule has 0 bridgehead atoms. The number of carbonyl (C=O) groups excluding carboxylic acids is 4. The van der Waals surface area contributed by atoms with Crippen LogP contribution in [0.15, 0.2) is 48.5 Å². The van der Waals surface area contributed by atoms with Gasteiger partial charge < -0.3 is 18.9 Å². The molecule has 162 valence electrons. The molecule has 1 aliphatic carbocycles. The van der Waals surface area contributed by atoms with Crippen molar-refractivity contribution in [2.45, 2.75) is 5.79 Å². The molecular weight excluding hydrogens is 428 g/mol. The Kier molecular flexibility index (Phi) is 3.67. The van der Waals surface area contributed by atoms with Crippen molar-refractivity contribution in [3.63, 3.8) is 0 Å². The highest BCUT2D eigenvalue weighted by Gasteiger charge is 2.61. The first-order valence-corrected chi connectivity index (χ1v) is 10.0. The molecule has 8 heteroatoms. The highest BCUT2D eigenvalue weighted by Crippen LogP contribution is 2.55. The molecule has 3 aliphatic rings. The largest absolute Gasteiger partial charge is 0.496 e. The number of benzene rings is 3. The summed E-state index contributed by atoms with van der Waals surface area (Å²) in [6, 6.07) is 12.4. The average molecular weight is 442 g/mol. The molecule has 0 amide bonds. The van der Waals surface area contributed by atoms with Crippen molar-refractivity contribution in [1.29, 1.82) is 0 Å². The molecule has 2 aliphatic heterocycles. The molecule has 0 aromatic heterocycles. The second-order valence-corrected chi connectivity index (χ2v) is 7.73. The van der Waals surface area contributed by atoms with Crippen molar-refractivity contribution in [3.8, 4) is 11.5 Å². The van der Waals surface area contributed by atoms with Crippen LogP contribution in [0, 0.1) is 0 Å². The number of carbonyl (C=O) groups is 4. The van der Waals surface area contributed by atoms with E-state index in [1.54, 1.807) is 30.3 Å². The normalized spacial score (nSPS) is 19.5. The lowest BCUT2D eigenvalue weighted by Gasteiger charge is -2.28. The predicted octanol–water partition coefficient (Wildman–Crippen LogP) is 3.02. The van der Waals surface area contributed by atoms with Crippen LogP contribution >= 0.6 is 0 Å². The number of ketones is 2. The summed E-state index contributed by atoms with van der Waals surface area (Å²) in [5, 5.41) is 0. The zero-order valence-corrected chi connectivity index (χ0v) is 17.4. The topological polar surface area (TPSA) is 105 Å². The Hall–Kier alpha value is -4.46. The van der Waals surface area contributed by atoms with E-state index in [4.69, 9.17) is 18.9 Å². The molecule has 1 atom stereocenters. The quantitative estimate of drug-likeness (QED) is 0.436. The summed E-state index contributed by atoms with van der Waals surface area (Å²) in [6.45, 7) is 0. The van der Waals surface area contributed by atoms with E-state index in [0.717, 1.165) is 0 Å². The first-order valence-electron chi connectivity index (χ1n) is 10.0. The van der Waals surface area contributed by atoms with Gasteiger partial charge >= 0.3 is 17.7 Å². The third-order valence-electron chi connectivity index (χ3n) is 6.20. The summed E-state index contributed by atoms with van der Waals surface area (Å²) in [4.78, 5) is 53.0. The Labute approximate surface area is 186 Å². The smallest absolute Gasteiger partial charge is 0.346 e. The van der Waals surface area contributed by atoms with Crippen LogP contribution in [0.3, 0.4) is 0 Å². The van der Waals surface area contributed by atoms with E-state index in [2.05, 4.69) is 0 Å². The number of fused-ring (bicyclic) bond motifs is 7. The number of rotatable bonds is 2. The van der Waals surface area contributed by atoms with Crippen molar-refractivity contribution in [2.75, 3.05) is 14.2 Å². The van der Waals surface area contributed by atoms with Crippen LogP contribution in [0.4, 0.5) is 0 Å². The van der Waals surface area contributed by atoms with Crippen molar-refractivity contribution in [1.82, 2.24) is 0 Å². The third-order valence-corrected chi connectivity index (χ3v) is 6.20. The van der Waals surface area contributed by atoms with Crippen molar-refractivity contribution < 1.29 is 38.1 Å². The van der Waals surface area contributed by atoms with Gasteiger partial charge in [0.2, 0.25) is 0 Å². The van der Waals surface area contributed by atoms with Crippen LogP contribution < -0.4 is 9.47 Å². The Morgan fingerprint density at radius 2 is 1.27 bits per heavy atom. The lowest BCUT2D eigenvalue weighted by molar-refractivity contribution is -0.127. The molecular formula is C25H14O8. The minimum Gasteiger partial charge on any atom is -0.496 e. The van der Waals surface area contributed by atoms with Gasteiger partial charge in [-0.05, 0) is 18.2 Å². The summed E-state index contributed by atoms with van der Waals surface area (Å²) >= 11 is 0. The molecule has 2 heterocycles. The molecule has 0 N–H and O–H groups in total. The molecule has 0 fully saturated rings. The second kappa shape index (κ2) is 6.29. The summed E-state index contributed by atoms with van der Waals surface area (Å²) in [6.07, 6.45) is 0. The Bertz CT molecular complexity index is 1470. The van der Waals surface area contributed by atoms with E-state index < -0.39 is 29.3 Å². The van der Waals surface area contributed by atoms with E-state index in [1.807, 2.05) is 0 Å². The van der Waals surface area contributed by atoms with Crippen LogP contribution in [0.1, 0.15) is 63.7 Å². The summed E-state index contributed by atoms with van der Waals surface area (Å²) in [7, 11) is 2.73. The van der Waals surface area contributed by atoms with Gasteiger partial charge in [0.1, 0.15) is 17.1 Å². The first kappa shape index (κ1) is 19.2. The van der Waals surface area contributed by atoms with Crippen LogP contribution in [-0.2, 0) is 15.3 Å². The Morgan fingerprint density at radius 1 is 0.636 bits per heavy atom. The van der Waals surface area contributed by atoms with Crippen LogP contribution in [-0.4, -0.2) is 37.7 Å². The number of hydrogen-bond acceptors (Lipinski definition) is 8. The maximum Gasteiger partial charge on any atom is 0.346 e. The zero-order valence-electron chi connectivity index (χ0n) is 17.4. The standard InChI is InChI=1S/C25H14O8/c1-30-15-9-5-8-13-19(15)25(32-23(13)28)20-17-14(10-16(31-2)18(20)24(29)33-25)21(26)11-6-3-4-7-12(11)22(17)27/h3-10H,1-2H3/t25-/m0/s1. The minimum absolute atomic E-state index is 0.0329. The molecule has 0 saturated carbocycles. The van der Waals surface area contributed by atoms with Crippen LogP contribution in [0.2, 0.25) is 0 Å². The third kappa shape index (κ3) is 2.19. The van der Waals surface area contributed by atoms with Gasteiger partial charge in [-0.2, -0.15) is 0 Å². The maximum atomic E-state index is 13.7. The SMILES string of the molecule is COc1cc2c(c3c1C(=O)O[C@]31OC(=O)c3cccc(OC)c31)C(=O)c1ccccc1C2=O. The van der Waals surface area contributed by atoms with Crippen LogP contribution in [0.25, 0.3) is 0 Å². The van der Waals surface area contributed by atoms with Gasteiger partial charge in [0, 0.05) is 22.3 Å². The zero-order chi connectivity index (χ0) is 23.1. The molecule has 0 radical (unpaired) electrons. The molecule has 0 saturated heterocycles. The highest BCUT2D eigenvalue weighted by molar-refractivity contribution is 6.30. The lowest BCUT2D eigenvalue weighted by atomic mass is 9.77. The first-order chi connectivity index (χ1) is 15.9. The van der Waals surface area contributed by atoms with E-state index in [-0.39, 0.29) is 56.0 Å². The molecule has 1 spiro atoms. The number of ether oxygens (including phenoxy) is 4. The van der Waals surface area contributed by atoms with E-state index in [1.165, 1.54) is 32.4 Å². The predicted molar refractivity (Wildman–Crippen MR) is 111 cm³/mol. The van der Waals surface area contributed by atoms with Crippen LogP contribution in [0.5, 0.6) is 11.5 Å². The van der Waals surface area contributed by atoms with Gasteiger partial charge in [0.15, 0.2) is 11.6 Å². The van der Waals surface area contributed by atoms with Gasteiger partial charge in [-0.3, -0.25) is 9.59 Å². The fraction of sp³-hybridized carbons (Fsp3) is 0.120. The number of esters is 2. The average Bonchev–Trinajstić information content (AvgIpc) is 3.29. The van der Waals surface area contributed by atoms with Crippen molar-refractivity contribution >= 4 is 23.5 Å². The maximum absolute atomic E-state index is 13.7. The molecule has 3 aromatic carbocycles. The molecule has 8 nitrogen and oxygen atoms in total. The number of methoxy groups -OCH3 is 2. The van der Waals surface area contributed by atoms with Gasteiger partial charge in [-0.25, -0.2) is 9.59 Å². The van der Waals surface area contributed by atoms with Crippen molar-refractivity contribution in [3.05, 3.63) is 93.0 Å². The van der Waals surface area contributed by atoms with Gasteiger partial charge in [-0.1, -0.05) is 30.3 Å². The van der Waals surface area contributed by atoms with E-state index in [0.29, 0.717) is 0 Å². The Morgan fingerprint density at radius 3 is 1.97 bits per heavy atom. The summed E-state index contributed by atoms with van der Waals surface area (Å²) in [5.41, 5.74) is 0.549. The monoisotopic (exact) mass is 442 g/mol. The van der Waals surface area contributed by atoms with Gasteiger partial charge in [0.25, 0.3) is 0 Å². The summed E-state index contributed by atoms with van der Waals surface area (Å²) < 4.78 is 22.2. The van der Waals surface area contributed by atoms with E-state index >= 15 is 0 Å². The van der Waals surface area contributed by atoms with Crippen molar-refractivity contribution in [2.24, 2.45) is 0 Å². The second-order valence-electron chi connectivity index (χ2n) is 7.73. The lowest BCUT2D eigenvalue weighted by Crippen LogP contribution is -2.32. The minimum atomic E-state index is -2.09. The fourth-order valence-electron chi connectivity index (χ4n) is 4.85. The van der Waals surface area contributed by atoms with Gasteiger partial charge in [0.05, 0.1) is 30.9 Å². The molecule has 3 aromatic rings. The summed E-state index contributed by atoms with van der Waals surface area (Å²) in [5.74, 6) is -4.34.